The molecule has 0 saturated heterocycles. The van der Waals surface area contributed by atoms with Crippen LogP contribution in [0.3, 0.4) is 0 Å². The lowest BCUT2D eigenvalue weighted by molar-refractivity contribution is -0.120. The Bertz CT molecular complexity index is 399. The Balaban J connectivity index is 2.60. The summed E-state index contributed by atoms with van der Waals surface area (Å²) in [5.74, 6) is -1.28. The van der Waals surface area contributed by atoms with Gasteiger partial charge in [0.15, 0.2) is 0 Å². The van der Waals surface area contributed by atoms with Gasteiger partial charge in [-0.15, -0.1) is 0 Å². The number of amides is 1. The summed E-state index contributed by atoms with van der Waals surface area (Å²) in [7, 11) is 1.52. The van der Waals surface area contributed by atoms with Crippen molar-refractivity contribution >= 4 is 27.5 Å². The zero-order valence-corrected chi connectivity index (χ0v) is 10.2. The van der Waals surface area contributed by atoms with Crippen LogP contribution in [0.2, 0.25) is 0 Å². The Morgan fingerprint density at radius 1 is 1.38 bits per heavy atom. The fourth-order valence-corrected chi connectivity index (χ4v) is 1.41. The first-order valence-electron chi connectivity index (χ1n) is 4.63. The van der Waals surface area contributed by atoms with E-state index in [9.17, 15) is 13.6 Å². The number of carbonyl (C=O) groups is 1. The Morgan fingerprint density at radius 3 is 2.69 bits per heavy atom. The van der Waals surface area contributed by atoms with Crippen LogP contribution < -0.4 is 10.6 Å². The van der Waals surface area contributed by atoms with Crippen molar-refractivity contribution in [3.05, 3.63) is 28.2 Å². The molecule has 0 aliphatic rings. The van der Waals surface area contributed by atoms with Crippen LogP contribution in [-0.4, -0.2) is 19.5 Å². The number of anilines is 1. The second kappa shape index (κ2) is 5.79. The lowest BCUT2D eigenvalue weighted by Crippen LogP contribution is -2.21. The molecule has 0 saturated carbocycles. The molecule has 6 heteroatoms. The average Bonchev–Trinajstić information content (AvgIpc) is 2.25. The standard InChI is InChI=1S/C10H11BrF2N2O/c1-14-10(16)2-3-15-9-5-7(12)6(11)4-8(9)13/h4-5,15H,2-3H2,1H3,(H,14,16). The van der Waals surface area contributed by atoms with Crippen LogP contribution in [0.15, 0.2) is 16.6 Å². The molecule has 0 atom stereocenters. The van der Waals surface area contributed by atoms with Gasteiger partial charge in [0.1, 0.15) is 11.6 Å². The number of halogens is 3. The molecule has 1 amide bonds. The molecule has 3 nitrogen and oxygen atoms in total. The van der Waals surface area contributed by atoms with Crippen molar-refractivity contribution in [2.75, 3.05) is 18.9 Å². The summed E-state index contributed by atoms with van der Waals surface area (Å²) in [5, 5.41) is 5.08. The normalized spacial score (nSPS) is 10.0. The largest absolute Gasteiger partial charge is 0.382 e. The highest BCUT2D eigenvalue weighted by molar-refractivity contribution is 9.10. The van der Waals surface area contributed by atoms with Crippen LogP contribution in [0.1, 0.15) is 6.42 Å². The molecule has 0 radical (unpaired) electrons. The molecule has 16 heavy (non-hydrogen) atoms. The molecular formula is C10H11BrF2N2O. The first-order chi connectivity index (χ1) is 7.54. The van der Waals surface area contributed by atoms with Gasteiger partial charge >= 0.3 is 0 Å². The molecular weight excluding hydrogens is 282 g/mol. The average molecular weight is 293 g/mol. The monoisotopic (exact) mass is 292 g/mol. The summed E-state index contributed by atoms with van der Waals surface area (Å²) in [5.41, 5.74) is 0.0459. The van der Waals surface area contributed by atoms with E-state index in [4.69, 9.17) is 0 Å². The molecule has 1 aromatic carbocycles. The number of nitrogens with one attached hydrogen (secondary N) is 2. The SMILES string of the molecule is CNC(=O)CCNc1cc(F)c(Br)cc1F. The first-order valence-corrected chi connectivity index (χ1v) is 5.43. The molecule has 0 fully saturated rings. The van der Waals surface area contributed by atoms with Crippen LogP contribution in [0.4, 0.5) is 14.5 Å². The van der Waals surface area contributed by atoms with E-state index in [0.717, 1.165) is 12.1 Å². The maximum Gasteiger partial charge on any atom is 0.221 e. The van der Waals surface area contributed by atoms with Gasteiger partial charge in [0, 0.05) is 26.1 Å². The molecule has 88 valence electrons. The van der Waals surface area contributed by atoms with E-state index < -0.39 is 11.6 Å². The number of hydrogen-bond acceptors (Lipinski definition) is 2. The maximum atomic E-state index is 13.3. The molecule has 0 aliphatic heterocycles. The number of hydrogen-bond donors (Lipinski definition) is 2. The molecule has 0 heterocycles. The smallest absolute Gasteiger partial charge is 0.221 e. The summed E-state index contributed by atoms with van der Waals surface area (Å²) in [6.07, 6.45) is 0.202. The van der Waals surface area contributed by atoms with E-state index >= 15 is 0 Å². The van der Waals surface area contributed by atoms with Crippen LogP contribution in [0.5, 0.6) is 0 Å². The quantitative estimate of drug-likeness (QED) is 0.836. The second-order valence-corrected chi connectivity index (χ2v) is 3.95. The van der Waals surface area contributed by atoms with Gasteiger partial charge in [-0.2, -0.15) is 0 Å². The third kappa shape index (κ3) is 3.44. The summed E-state index contributed by atoms with van der Waals surface area (Å²) < 4.78 is 26.4. The lowest BCUT2D eigenvalue weighted by Gasteiger charge is -2.07. The zero-order valence-electron chi connectivity index (χ0n) is 8.61. The summed E-state index contributed by atoms with van der Waals surface area (Å²) >= 11 is 2.88. The molecule has 1 aromatic rings. The van der Waals surface area contributed by atoms with E-state index in [2.05, 4.69) is 26.6 Å². The van der Waals surface area contributed by atoms with Crippen molar-refractivity contribution in [3.8, 4) is 0 Å². The van der Waals surface area contributed by atoms with Gasteiger partial charge in [0.2, 0.25) is 5.91 Å². The van der Waals surface area contributed by atoms with Crippen LogP contribution in [0.25, 0.3) is 0 Å². The van der Waals surface area contributed by atoms with Crippen molar-refractivity contribution in [2.24, 2.45) is 0 Å². The fourth-order valence-electron chi connectivity index (χ4n) is 1.09. The highest BCUT2D eigenvalue weighted by atomic mass is 79.9. The fraction of sp³-hybridized carbons (Fsp3) is 0.300. The third-order valence-corrected chi connectivity index (χ3v) is 2.56. The third-order valence-electron chi connectivity index (χ3n) is 1.96. The Hall–Kier alpha value is -1.17. The molecule has 0 aliphatic carbocycles. The van der Waals surface area contributed by atoms with Gasteiger partial charge in [0.05, 0.1) is 10.2 Å². The highest BCUT2D eigenvalue weighted by Crippen LogP contribution is 2.23. The van der Waals surface area contributed by atoms with E-state index in [1.165, 1.54) is 7.05 Å². The van der Waals surface area contributed by atoms with E-state index in [1.54, 1.807) is 0 Å². The van der Waals surface area contributed by atoms with Crippen molar-refractivity contribution in [2.45, 2.75) is 6.42 Å². The molecule has 0 spiro atoms. The van der Waals surface area contributed by atoms with Gasteiger partial charge in [0.25, 0.3) is 0 Å². The van der Waals surface area contributed by atoms with E-state index in [1.807, 2.05) is 0 Å². The summed E-state index contributed by atoms with van der Waals surface area (Å²) in [4.78, 5) is 10.9. The minimum atomic E-state index is -0.565. The van der Waals surface area contributed by atoms with E-state index in [-0.39, 0.29) is 29.0 Å². The minimum Gasteiger partial charge on any atom is -0.382 e. The van der Waals surface area contributed by atoms with Crippen molar-refractivity contribution in [1.29, 1.82) is 0 Å². The van der Waals surface area contributed by atoms with Crippen molar-refractivity contribution in [1.82, 2.24) is 5.32 Å². The lowest BCUT2D eigenvalue weighted by atomic mass is 10.3. The van der Waals surface area contributed by atoms with Gasteiger partial charge in [-0.3, -0.25) is 4.79 Å². The van der Waals surface area contributed by atoms with Crippen LogP contribution in [0, 0.1) is 11.6 Å². The predicted molar refractivity (Wildman–Crippen MR) is 61.2 cm³/mol. The summed E-state index contributed by atoms with van der Waals surface area (Å²) in [6, 6.07) is 2.08. The Labute approximate surface area is 100 Å². The topological polar surface area (TPSA) is 41.1 Å². The highest BCUT2D eigenvalue weighted by Gasteiger charge is 2.08. The van der Waals surface area contributed by atoms with E-state index in [0.29, 0.717) is 0 Å². The number of rotatable bonds is 4. The summed E-state index contributed by atoms with van der Waals surface area (Å²) in [6.45, 7) is 0.248. The Morgan fingerprint density at radius 2 is 2.06 bits per heavy atom. The van der Waals surface area contributed by atoms with Gasteiger partial charge in [-0.05, 0) is 22.0 Å². The molecule has 0 aromatic heterocycles. The van der Waals surface area contributed by atoms with Gasteiger partial charge in [-0.25, -0.2) is 8.78 Å². The predicted octanol–water partition coefficient (Wildman–Crippen LogP) is 2.28. The van der Waals surface area contributed by atoms with Crippen LogP contribution in [-0.2, 0) is 4.79 Å². The molecule has 0 unspecified atom stereocenters. The van der Waals surface area contributed by atoms with Crippen LogP contribution >= 0.6 is 15.9 Å². The van der Waals surface area contributed by atoms with Gasteiger partial charge < -0.3 is 10.6 Å². The first kappa shape index (κ1) is 12.9. The van der Waals surface area contributed by atoms with Crippen molar-refractivity contribution < 1.29 is 13.6 Å². The second-order valence-electron chi connectivity index (χ2n) is 3.10. The zero-order chi connectivity index (χ0) is 12.1. The molecule has 1 rings (SSSR count). The van der Waals surface area contributed by atoms with Gasteiger partial charge in [-0.1, -0.05) is 0 Å². The Kier molecular flexibility index (Phi) is 4.67. The van der Waals surface area contributed by atoms with Crippen molar-refractivity contribution in [3.63, 3.8) is 0 Å². The molecule has 2 N–H and O–H groups in total. The maximum absolute atomic E-state index is 13.3. The minimum absolute atomic E-state index is 0.0459. The number of carbonyl (C=O) groups excluding carboxylic acids is 1. The number of benzene rings is 1. The molecule has 0 bridgehead atoms.